The number of nitrogens with two attached hydrogens (primary N) is 1. The van der Waals surface area contributed by atoms with E-state index in [-0.39, 0.29) is 12.1 Å². The van der Waals surface area contributed by atoms with Crippen LogP contribution < -0.4 is 15.5 Å². The SMILES string of the molecule is NC1COCCN1c1cccc(N2CCCC2=O)c1. The molecule has 2 fully saturated rings. The second-order valence-corrected chi connectivity index (χ2v) is 5.00. The number of benzene rings is 1. The van der Waals surface area contributed by atoms with Crippen molar-refractivity contribution in [3.05, 3.63) is 24.3 Å². The molecule has 1 amide bonds. The van der Waals surface area contributed by atoms with E-state index in [1.807, 2.05) is 23.1 Å². The number of carbonyl (C=O) groups excluding carboxylic acids is 1. The van der Waals surface area contributed by atoms with E-state index in [9.17, 15) is 4.79 Å². The van der Waals surface area contributed by atoms with E-state index in [1.165, 1.54) is 0 Å². The average molecular weight is 261 g/mol. The van der Waals surface area contributed by atoms with Crippen LogP contribution in [0, 0.1) is 0 Å². The highest BCUT2D eigenvalue weighted by molar-refractivity contribution is 5.95. The molecular weight excluding hydrogens is 242 g/mol. The largest absolute Gasteiger partial charge is 0.376 e. The molecule has 0 aliphatic carbocycles. The van der Waals surface area contributed by atoms with E-state index in [0.717, 1.165) is 30.9 Å². The molecule has 1 aromatic carbocycles. The molecule has 0 saturated carbocycles. The van der Waals surface area contributed by atoms with Crippen LogP contribution in [-0.4, -0.2) is 38.4 Å². The lowest BCUT2D eigenvalue weighted by molar-refractivity contribution is -0.117. The quantitative estimate of drug-likeness (QED) is 0.860. The molecular formula is C14H19N3O2. The predicted octanol–water partition coefficient (Wildman–Crippen LogP) is 0.935. The minimum atomic E-state index is -0.113. The molecule has 19 heavy (non-hydrogen) atoms. The predicted molar refractivity (Wildman–Crippen MR) is 74.2 cm³/mol. The molecule has 1 atom stereocenters. The first-order chi connectivity index (χ1) is 9.25. The number of morpholine rings is 1. The highest BCUT2D eigenvalue weighted by atomic mass is 16.5. The fourth-order valence-electron chi connectivity index (χ4n) is 2.70. The van der Waals surface area contributed by atoms with Gasteiger partial charge in [0.15, 0.2) is 0 Å². The first-order valence-corrected chi connectivity index (χ1v) is 6.76. The molecule has 1 unspecified atom stereocenters. The summed E-state index contributed by atoms with van der Waals surface area (Å²) in [5, 5.41) is 0. The van der Waals surface area contributed by atoms with Gasteiger partial charge in [0.2, 0.25) is 5.91 Å². The van der Waals surface area contributed by atoms with Gasteiger partial charge in [-0.1, -0.05) is 6.07 Å². The second kappa shape index (κ2) is 5.19. The van der Waals surface area contributed by atoms with Crippen molar-refractivity contribution in [2.75, 3.05) is 36.1 Å². The highest BCUT2D eigenvalue weighted by Crippen LogP contribution is 2.27. The molecule has 3 rings (SSSR count). The van der Waals surface area contributed by atoms with Gasteiger partial charge in [0.25, 0.3) is 0 Å². The van der Waals surface area contributed by atoms with E-state index in [1.54, 1.807) is 0 Å². The van der Waals surface area contributed by atoms with Crippen LogP contribution in [0.3, 0.4) is 0 Å². The van der Waals surface area contributed by atoms with Gasteiger partial charge in [-0.25, -0.2) is 0 Å². The summed E-state index contributed by atoms with van der Waals surface area (Å²) in [7, 11) is 0. The number of hydrogen-bond acceptors (Lipinski definition) is 4. The minimum Gasteiger partial charge on any atom is -0.376 e. The molecule has 0 spiro atoms. The van der Waals surface area contributed by atoms with Gasteiger partial charge in [-0.05, 0) is 24.6 Å². The first kappa shape index (κ1) is 12.4. The summed E-state index contributed by atoms with van der Waals surface area (Å²) in [5.74, 6) is 0.212. The lowest BCUT2D eigenvalue weighted by Gasteiger charge is -2.35. The maximum absolute atomic E-state index is 11.8. The van der Waals surface area contributed by atoms with Crippen molar-refractivity contribution in [1.82, 2.24) is 0 Å². The van der Waals surface area contributed by atoms with Crippen molar-refractivity contribution >= 4 is 17.3 Å². The Morgan fingerprint density at radius 2 is 2.11 bits per heavy atom. The third-order valence-electron chi connectivity index (χ3n) is 3.71. The zero-order valence-corrected chi connectivity index (χ0v) is 10.9. The third kappa shape index (κ3) is 2.43. The van der Waals surface area contributed by atoms with Crippen LogP contribution in [0.2, 0.25) is 0 Å². The number of anilines is 2. The molecule has 5 nitrogen and oxygen atoms in total. The van der Waals surface area contributed by atoms with E-state index in [0.29, 0.717) is 19.6 Å². The Hall–Kier alpha value is -1.59. The Balaban J connectivity index is 1.85. The number of ether oxygens (including phenoxy) is 1. The normalized spacial score (nSPS) is 24.1. The van der Waals surface area contributed by atoms with Crippen molar-refractivity contribution in [2.45, 2.75) is 19.0 Å². The van der Waals surface area contributed by atoms with E-state index in [2.05, 4.69) is 11.0 Å². The van der Waals surface area contributed by atoms with Gasteiger partial charge in [-0.2, -0.15) is 0 Å². The Labute approximate surface area is 112 Å². The summed E-state index contributed by atoms with van der Waals surface area (Å²) < 4.78 is 5.35. The fraction of sp³-hybridized carbons (Fsp3) is 0.500. The summed E-state index contributed by atoms with van der Waals surface area (Å²) in [5.41, 5.74) is 8.10. The van der Waals surface area contributed by atoms with Gasteiger partial charge in [0.05, 0.1) is 13.2 Å². The van der Waals surface area contributed by atoms with Crippen molar-refractivity contribution in [1.29, 1.82) is 0 Å². The van der Waals surface area contributed by atoms with E-state index >= 15 is 0 Å². The molecule has 0 radical (unpaired) electrons. The molecule has 2 heterocycles. The zero-order valence-electron chi connectivity index (χ0n) is 10.9. The van der Waals surface area contributed by atoms with Gasteiger partial charge >= 0.3 is 0 Å². The van der Waals surface area contributed by atoms with Crippen molar-refractivity contribution < 1.29 is 9.53 Å². The van der Waals surface area contributed by atoms with Crippen LogP contribution >= 0.6 is 0 Å². The smallest absolute Gasteiger partial charge is 0.227 e. The molecule has 5 heteroatoms. The fourth-order valence-corrected chi connectivity index (χ4v) is 2.70. The summed E-state index contributed by atoms with van der Waals surface area (Å²) in [4.78, 5) is 15.8. The molecule has 1 aromatic rings. The Morgan fingerprint density at radius 3 is 2.84 bits per heavy atom. The van der Waals surface area contributed by atoms with Crippen LogP contribution in [0.25, 0.3) is 0 Å². The van der Waals surface area contributed by atoms with Crippen LogP contribution in [0.4, 0.5) is 11.4 Å². The van der Waals surface area contributed by atoms with Crippen molar-refractivity contribution in [3.8, 4) is 0 Å². The molecule has 2 aliphatic rings. The molecule has 102 valence electrons. The average Bonchev–Trinajstić information content (AvgIpc) is 2.86. The van der Waals surface area contributed by atoms with Gasteiger partial charge in [-0.15, -0.1) is 0 Å². The van der Waals surface area contributed by atoms with Crippen LogP contribution in [0.15, 0.2) is 24.3 Å². The molecule has 2 saturated heterocycles. The minimum absolute atomic E-state index is 0.113. The van der Waals surface area contributed by atoms with Crippen molar-refractivity contribution in [3.63, 3.8) is 0 Å². The molecule has 2 N–H and O–H groups in total. The number of carbonyl (C=O) groups is 1. The standard InChI is InChI=1S/C14H19N3O2/c15-13-10-19-8-7-16(13)11-3-1-4-12(9-11)17-6-2-5-14(17)18/h1,3-4,9,13H,2,5-8,10,15H2. The molecule has 0 bridgehead atoms. The van der Waals surface area contributed by atoms with Gasteiger partial charge in [-0.3, -0.25) is 4.79 Å². The van der Waals surface area contributed by atoms with E-state index in [4.69, 9.17) is 10.5 Å². The van der Waals surface area contributed by atoms with Gasteiger partial charge in [0, 0.05) is 30.9 Å². The van der Waals surface area contributed by atoms with Crippen LogP contribution in [0.5, 0.6) is 0 Å². The number of hydrogen-bond donors (Lipinski definition) is 1. The van der Waals surface area contributed by atoms with E-state index < -0.39 is 0 Å². The van der Waals surface area contributed by atoms with Crippen LogP contribution in [-0.2, 0) is 9.53 Å². The molecule has 2 aliphatic heterocycles. The Morgan fingerprint density at radius 1 is 1.26 bits per heavy atom. The number of amides is 1. The maximum Gasteiger partial charge on any atom is 0.227 e. The third-order valence-corrected chi connectivity index (χ3v) is 3.71. The van der Waals surface area contributed by atoms with Crippen LogP contribution in [0.1, 0.15) is 12.8 Å². The lowest BCUT2D eigenvalue weighted by atomic mass is 10.2. The summed E-state index contributed by atoms with van der Waals surface area (Å²) in [6.45, 7) is 2.85. The maximum atomic E-state index is 11.8. The highest BCUT2D eigenvalue weighted by Gasteiger charge is 2.24. The Bertz CT molecular complexity index is 478. The second-order valence-electron chi connectivity index (χ2n) is 5.00. The summed E-state index contributed by atoms with van der Waals surface area (Å²) in [6.07, 6.45) is 1.49. The zero-order chi connectivity index (χ0) is 13.2. The first-order valence-electron chi connectivity index (χ1n) is 6.76. The molecule has 0 aromatic heterocycles. The summed E-state index contributed by atoms with van der Waals surface area (Å²) in [6, 6.07) is 8.06. The number of nitrogens with zero attached hydrogens (tertiary/aromatic N) is 2. The number of rotatable bonds is 2. The lowest BCUT2D eigenvalue weighted by Crippen LogP contribution is -2.51. The topological polar surface area (TPSA) is 58.8 Å². The van der Waals surface area contributed by atoms with Crippen molar-refractivity contribution in [2.24, 2.45) is 5.73 Å². The summed E-state index contributed by atoms with van der Waals surface area (Å²) >= 11 is 0. The Kier molecular flexibility index (Phi) is 3.40. The monoisotopic (exact) mass is 261 g/mol. The van der Waals surface area contributed by atoms with Gasteiger partial charge in [0.1, 0.15) is 6.17 Å². The van der Waals surface area contributed by atoms with Gasteiger partial charge < -0.3 is 20.3 Å².